The highest BCUT2D eigenvalue weighted by molar-refractivity contribution is 7.19. The van der Waals surface area contributed by atoms with Crippen molar-refractivity contribution < 1.29 is 9.53 Å². The Morgan fingerprint density at radius 3 is 2.65 bits per heavy atom. The molecule has 10 heteroatoms. The normalized spacial score (nSPS) is 14.5. The molecule has 0 bridgehead atoms. The quantitative estimate of drug-likeness (QED) is 0.422. The molecule has 1 saturated heterocycles. The first-order valence-corrected chi connectivity index (χ1v) is 12.0. The Bertz CT molecular complexity index is 1410. The lowest BCUT2D eigenvalue weighted by Crippen LogP contribution is -2.48. The van der Waals surface area contributed by atoms with Crippen LogP contribution < -0.4 is 10.3 Å². The number of carbonyl (C=O) groups is 1. The van der Waals surface area contributed by atoms with Gasteiger partial charge in [-0.3, -0.25) is 14.5 Å². The number of piperazine rings is 1. The second kappa shape index (κ2) is 9.54. The second-order valence-corrected chi connectivity index (χ2v) is 9.33. The molecular weight excluding hydrogens is 474 g/mol. The summed E-state index contributed by atoms with van der Waals surface area (Å²) in [4.78, 5) is 34.7. The van der Waals surface area contributed by atoms with Gasteiger partial charge in [0.25, 0.3) is 11.5 Å². The lowest BCUT2D eigenvalue weighted by atomic mass is 10.1. The van der Waals surface area contributed by atoms with Crippen LogP contribution in [0.15, 0.2) is 59.4 Å². The summed E-state index contributed by atoms with van der Waals surface area (Å²) in [7, 11) is 1.61. The van der Waals surface area contributed by atoms with E-state index in [1.807, 2.05) is 41.3 Å². The lowest BCUT2D eigenvalue weighted by molar-refractivity contribution is 0.0627. The molecule has 0 unspecified atom stereocenters. The van der Waals surface area contributed by atoms with Gasteiger partial charge >= 0.3 is 0 Å². The Balaban J connectivity index is 1.29. The molecule has 1 aliphatic rings. The zero-order valence-corrected chi connectivity index (χ0v) is 20.1. The van der Waals surface area contributed by atoms with Crippen LogP contribution in [-0.2, 0) is 6.54 Å². The molecule has 1 fully saturated rings. The Hall–Kier alpha value is -3.27. The number of methoxy groups -OCH3 is 1. The molecule has 4 aromatic rings. The van der Waals surface area contributed by atoms with Crippen LogP contribution in [0, 0.1) is 0 Å². The minimum atomic E-state index is -0.210. The van der Waals surface area contributed by atoms with Crippen LogP contribution in [0.3, 0.4) is 0 Å². The van der Waals surface area contributed by atoms with E-state index in [0.29, 0.717) is 59.0 Å². The van der Waals surface area contributed by atoms with E-state index in [1.165, 1.54) is 21.9 Å². The summed E-state index contributed by atoms with van der Waals surface area (Å²) in [6.07, 6.45) is 0. The molecule has 1 aliphatic heterocycles. The Labute approximate surface area is 205 Å². The van der Waals surface area contributed by atoms with E-state index in [2.05, 4.69) is 15.0 Å². The number of benzene rings is 2. The van der Waals surface area contributed by atoms with E-state index in [-0.39, 0.29) is 11.5 Å². The van der Waals surface area contributed by atoms with E-state index < -0.39 is 0 Å². The molecule has 8 nitrogen and oxygen atoms in total. The maximum absolute atomic E-state index is 12.8. The number of rotatable bonds is 5. The maximum atomic E-state index is 12.8. The van der Waals surface area contributed by atoms with Crippen molar-refractivity contribution in [1.82, 2.24) is 24.4 Å². The fourth-order valence-electron chi connectivity index (χ4n) is 3.95. The highest BCUT2D eigenvalue weighted by Gasteiger charge is 2.24. The molecule has 0 aliphatic carbocycles. The Kier molecular flexibility index (Phi) is 6.32. The summed E-state index contributed by atoms with van der Waals surface area (Å²) >= 11 is 7.55. The average molecular weight is 496 g/mol. The zero-order valence-electron chi connectivity index (χ0n) is 18.5. The fraction of sp³-hybridized carbons (Fsp3) is 0.250. The van der Waals surface area contributed by atoms with Crippen molar-refractivity contribution in [3.8, 4) is 16.3 Å². The van der Waals surface area contributed by atoms with Crippen LogP contribution in [-0.4, -0.2) is 63.6 Å². The first-order chi connectivity index (χ1) is 16.5. The van der Waals surface area contributed by atoms with Gasteiger partial charge < -0.3 is 9.64 Å². The van der Waals surface area contributed by atoms with Gasteiger partial charge in [0.2, 0.25) is 4.96 Å². The summed E-state index contributed by atoms with van der Waals surface area (Å²) in [5.41, 5.74) is 1.87. The minimum absolute atomic E-state index is 0.0576. The van der Waals surface area contributed by atoms with Gasteiger partial charge in [-0.05, 0) is 24.3 Å². The van der Waals surface area contributed by atoms with Crippen molar-refractivity contribution >= 4 is 33.8 Å². The molecule has 2 aromatic heterocycles. The summed E-state index contributed by atoms with van der Waals surface area (Å²) in [5, 5.41) is 5.61. The van der Waals surface area contributed by atoms with Crippen LogP contribution >= 0.6 is 22.9 Å². The van der Waals surface area contributed by atoms with E-state index >= 15 is 0 Å². The molecule has 34 heavy (non-hydrogen) atoms. The van der Waals surface area contributed by atoms with Crippen molar-refractivity contribution in [2.45, 2.75) is 6.54 Å². The summed E-state index contributed by atoms with van der Waals surface area (Å²) in [6.45, 7) is 3.09. The first kappa shape index (κ1) is 22.5. The molecule has 1 amide bonds. The molecule has 0 radical (unpaired) electrons. The predicted octanol–water partition coefficient (Wildman–Crippen LogP) is 3.44. The zero-order chi connectivity index (χ0) is 23.7. The second-order valence-electron chi connectivity index (χ2n) is 7.97. The molecule has 0 spiro atoms. The first-order valence-electron chi connectivity index (χ1n) is 10.8. The molecule has 0 atom stereocenters. The van der Waals surface area contributed by atoms with Gasteiger partial charge in [-0.25, -0.2) is 4.98 Å². The monoisotopic (exact) mass is 495 g/mol. The molecule has 3 heterocycles. The van der Waals surface area contributed by atoms with Gasteiger partial charge in [0.1, 0.15) is 10.8 Å². The van der Waals surface area contributed by atoms with E-state index in [1.54, 1.807) is 19.2 Å². The summed E-state index contributed by atoms with van der Waals surface area (Å²) < 4.78 is 6.62. The van der Waals surface area contributed by atoms with Crippen molar-refractivity contribution in [3.63, 3.8) is 0 Å². The predicted molar refractivity (Wildman–Crippen MR) is 132 cm³/mol. The van der Waals surface area contributed by atoms with Gasteiger partial charge in [0.05, 0.1) is 23.4 Å². The van der Waals surface area contributed by atoms with Crippen molar-refractivity contribution in [3.05, 3.63) is 81.2 Å². The molecule has 5 rings (SSSR count). The number of amides is 1. The van der Waals surface area contributed by atoms with Gasteiger partial charge in [-0.1, -0.05) is 47.2 Å². The third-order valence-corrected chi connectivity index (χ3v) is 7.05. The highest BCUT2D eigenvalue weighted by atomic mass is 35.5. The van der Waals surface area contributed by atoms with Crippen molar-refractivity contribution in [2.75, 3.05) is 33.3 Å². The molecule has 0 saturated carbocycles. The van der Waals surface area contributed by atoms with Gasteiger partial charge in [-0.15, -0.1) is 0 Å². The Morgan fingerprint density at radius 2 is 1.88 bits per heavy atom. The van der Waals surface area contributed by atoms with Crippen LogP contribution in [0.1, 0.15) is 16.1 Å². The van der Waals surface area contributed by atoms with Crippen molar-refractivity contribution in [2.24, 2.45) is 0 Å². The van der Waals surface area contributed by atoms with Gasteiger partial charge in [0, 0.05) is 44.4 Å². The topological polar surface area (TPSA) is 80.0 Å². The van der Waals surface area contributed by atoms with Crippen LogP contribution in [0.25, 0.3) is 15.5 Å². The smallest absolute Gasteiger partial charge is 0.275 e. The average Bonchev–Trinajstić information content (AvgIpc) is 3.29. The Morgan fingerprint density at radius 1 is 1.09 bits per heavy atom. The molecule has 174 valence electrons. The van der Waals surface area contributed by atoms with Crippen LogP contribution in [0.2, 0.25) is 5.02 Å². The van der Waals surface area contributed by atoms with Crippen LogP contribution in [0.4, 0.5) is 0 Å². The number of hydrogen-bond acceptors (Lipinski definition) is 7. The van der Waals surface area contributed by atoms with Crippen LogP contribution in [0.5, 0.6) is 5.75 Å². The van der Waals surface area contributed by atoms with Gasteiger partial charge in [0.15, 0.2) is 0 Å². The molecule has 2 aromatic carbocycles. The van der Waals surface area contributed by atoms with Crippen molar-refractivity contribution in [1.29, 1.82) is 0 Å². The largest absolute Gasteiger partial charge is 0.497 e. The number of hydrogen-bond donors (Lipinski definition) is 0. The molecule has 0 N–H and O–H groups in total. The summed E-state index contributed by atoms with van der Waals surface area (Å²) in [5.74, 6) is 0.669. The lowest BCUT2D eigenvalue weighted by Gasteiger charge is -2.34. The minimum Gasteiger partial charge on any atom is -0.497 e. The number of halogens is 1. The third kappa shape index (κ3) is 4.54. The fourth-order valence-corrected chi connectivity index (χ4v) is 5.09. The van der Waals surface area contributed by atoms with E-state index in [0.717, 1.165) is 11.3 Å². The SMILES string of the molecule is COc1cccc(-c2nn3c(=O)cc(CN4CCN(C(=O)c5ccccc5Cl)CC4)nc3s2)c1. The number of nitrogens with zero attached hydrogens (tertiary/aromatic N) is 5. The van der Waals surface area contributed by atoms with E-state index in [4.69, 9.17) is 16.3 Å². The highest BCUT2D eigenvalue weighted by Crippen LogP contribution is 2.27. The summed E-state index contributed by atoms with van der Waals surface area (Å²) in [6, 6.07) is 16.2. The number of fused-ring (bicyclic) bond motifs is 1. The maximum Gasteiger partial charge on any atom is 0.275 e. The molecular formula is C24H22ClN5O3S. The number of ether oxygens (including phenoxy) is 1. The number of aromatic nitrogens is 3. The third-order valence-electron chi connectivity index (χ3n) is 5.76. The standard InChI is InChI=1S/C24H22ClN5O3S/c1-33-18-6-4-5-16(13-18)22-27-30-21(31)14-17(26-24(30)34-22)15-28-9-11-29(12-10-28)23(32)19-7-2-3-8-20(19)25/h2-8,13-14H,9-12,15H2,1H3. The number of carbonyl (C=O) groups excluding carboxylic acids is 1. The van der Waals surface area contributed by atoms with Gasteiger partial charge in [-0.2, -0.15) is 9.61 Å². The van der Waals surface area contributed by atoms with E-state index in [9.17, 15) is 9.59 Å².